The standard InChI is InChI=1S/C20H24ClN3S.C4H4O4.C3H4O/c1-22-11-13-23(14-12-22)9-4-10-24-17-5-2-3-6-19(17)25-20-8-7-16(21)15-18(20)24;5-3(6)1-2-4(7)8;1-2-3-4/h2-3,5-8,15H,4,9-14H2,1H3;1-2H,(H,5,6)(H,7,8);2-3H,1H2. The van der Waals surface area contributed by atoms with Gasteiger partial charge in [-0.2, -0.15) is 0 Å². The molecule has 2 aliphatic rings. The van der Waals surface area contributed by atoms with Crippen molar-refractivity contribution in [2.75, 3.05) is 51.2 Å². The molecule has 2 aromatic carbocycles. The predicted molar refractivity (Wildman–Crippen MR) is 148 cm³/mol. The fraction of sp³-hybridized carbons (Fsp3) is 0.296. The van der Waals surface area contributed by atoms with Crippen molar-refractivity contribution in [3.8, 4) is 0 Å². The number of aliphatic carboxylic acids is 2. The number of carbonyl (C=O) groups is 3. The largest absolute Gasteiger partial charge is 0.478 e. The minimum absolute atomic E-state index is 0.558. The van der Waals surface area contributed by atoms with Crippen molar-refractivity contribution in [1.29, 1.82) is 0 Å². The molecule has 0 amide bonds. The van der Waals surface area contributed by atoms with Crippen LogP contribution >= 0.6 is 23.4 Å². The Balaban J connectivity index is 0.000000338. The van der Waals surface area contributed by atoms with Crippen LogP contribution < -0.4 is 4.90 Å². The monoisotopic (exact) mass is 545 g/mol. The van der Waals surface area contributed by atoms with Gasteiger partial charge in [0.1, 0.15) is 6.29 Å². The molecule has 0 saturated carbocycles. The highest BCUT2D eigenvalue weighted by molar-refractivity contribution is 7.99. The van der Waals surface area contributed by atoms with Gasteiger partial charge in [0.2, 0.25) is 0 Å². The van der Waals surface area contributed by atoms with E-state index >= 15 is 0 Å². The van der Waals surface area contributed by atoms with E-state index in [1.807, 2.05) is 17.8 Å². The second kappa shape index (κ2) is 15.9. The van der Waals surface area contributed by atoms with E-state index in [4.69, 9.17) is 26.6 Å². The number of likely N-dealkylation sites (N-methyl/N-ethyl adjacent to an activating group) is 1. The summed E-state index contributed by atoms with van der Waals surface area (Å²) in [7, 11) is 2.21. The maximum absolute atomic E-state index is 9.55. The average molecular weight is 546 g/mol. The molecule has 2 N–H and O–H groups in total. The van der Waals surface area contributed by atoms with E-state index in [-0.39, 0.29) is 0 Å². The predicted octanol–water partition coefficient (Wildman–Crippen LogP) is 4.66. The Morgan fingerprint density at radius 3 is 2.16 bits per heavy atom. The van der Waals surface area contributed by atoms with Gasteiger partial charge < -0.3 is 24.9 Å². The van der Waals surface area contributed by atoms with E-state index in [2.05, 4.69) is 64.7 Å². The van der Waals surface area contributed by atoms with Crippen LogP contribution in [-0.2, 0) is 14.4 Å². The maximum atomic E-state index is 9.55. The van der Waals surface area contributed by atoms with Crippen molar-refractivity contribution in [2.45, 2.75) is 16.2 Å². The lowest BCUT2D eigenvalue weighted by molar-refractivity contribution is -0.134. The minimum atomic E-state index is -1.26. The highest BCUT2D eigenvalue weighted by Crippen LogP contribution is 2.48. The summed E-state index contributed by atoms with van der Waals surface area (Å²) >= 11 is 8.13. The van der Waals surface area contributed by atoms with Crippen LogP contribution in [0.5, 0.6) is 0 Å². The van der Waals surface area contributed by atoms with Crippen LogP contribution in [0.4, 0.5) is 11.4 Å². The number of anilines is 2. The molecule has 0 atom stereocenters. The van der Waals surface area contributed by atoms with Crippen molar-refractivity contribution in [3.63, 3.8) is 0 Å². The third-order valence-electron chi connectivity index (χ3n) is 5.50. The lowest BCUT2D eigenvalue weighted by atomic mass is 10.2. The fourth-order valence-corrected chi connectivity index (χ4v) is 4.95. The zero-order chi connectivity index (χ0) is 27.2. The molecular weight excluding hydrogens is 514 g/mol. The molecule has 4 rings (SSSR count). The van der Waals surface area contributed by atoms with Crippen LogP contribution in [0.2, 0.25) is 5.02 Å². The Hall–Kier alpha value is -3.11. The number of carboxylic acid groups (broad SMARTS) is 2. The lowest BCUT2D eigenvalue weighted by Crippen LogP contribution is -2.45. The van der Waals surface area contributed by atoms with Gasteiger partial charge in [-0.05, 0) is 56.4 Å². The molecule has 2 aromatic rings. The SMILES string of the molecule is C=CC=O.CN1CCN(CCCN2c3ccccc3Sc3ccc(Cl)cc32)CC1.O=C(O)C=CC(=O)O. The molecule has 0 radical (unpaired) electrons. The van der Waals surface area contributed by atoms with E-state index in [1.54, 1.807) is 0 Å². The smallest absolute Gasteiger partial charge is 0.328 e. The number of fused-ring (bicyclic) bond motifs is 2. The van der Waals surface area contributed by atoms with E-state index in [0.29, 0.717) is 18.4 Å². The topological polar surface area (TPSA) is 101 Å². The number of rotatable bonds is 7. The first-order valence-corrected chi connectivity index (χ1v) is 12.9. The number of para-hydroxylation sites is 1. The molecule has 1 fully saturated rings. The summed E-state index contributed by atoms with van der Waals surface area (Å²) in [5, 5.41) is 16.4. The van der Waals surface area contributed by atoms with Crippen molar-refractivity contribution in [2.24, 2.45) is 0 Å². The third kappa shape index (κ3) is 10.4. The molecule has 0 bridgehead atoms. The number of allylic oxidation sites excluding steroid dienone is 1. The molecule has 0 unspecified atom stereocenters. The Bertz CT molecular complexity index is 1080. The molecule has 8 nitrogen and oxygen atoms in total. The van der Waals surface area contributed by atoms with E-state index in [9.17, 15) is 9.59 Å². The lowest BCUT2D eigenvalue weighted by Gasteiger charge is -2.35. The van der Waals surface area contributed by atoms with Crippen molar-refractivity contribution < 1.29 is 24.6 Å². The van der Waals surface area contributed by atoms with Gasteiger partial charge in [-0.1, -0.05) is 42.1 Å². The Kier molecular flexibility index (Phi) is 12.9. The second-order valence-electron chi connectivity index (χ2n) is 8.21. The van der Waals surface area contributed by atoms with Crippen LogP contribution in [0, 0.1) is 0 Å². The summed E-state index contributed by atoms with van der Waals surface area (Å²) in [5.74, 6) is -2.51. The van der Waals surface area contributed by atoms with Gasteiger partial charge in [0, 0.05) is 59.7 Å². The molecule has 0 aliphatic carbocycles. The summed E-state index contributed by atoms with van der Waals surface area (Å²) in [4.78, 5) is 38.2. The van der Waals surface area contributed by atoms with Gasteiger partial charge in [-0.25, -0.2) is 9.59 Å². The zero-order valence-electron chi connectivity index (χ0n) is 20.8. The van der Waals surface area contributed by atoms with E-state index in [0.717, 1.165) is 24.5 Å². The third-order valence-corrected chi connectivity index (χ3v) is 6.87. The highest BCUT2D eigenvalue weighted by atomic mass is 35.5. The molecular formula is C27H32ClN3O5S. The van der Waals surface area contributed by atoms with Gasteiger partial charge in [0.15, 0.2) is 0 Å². The normalized spacial score (nSPS) is 14.8. The van der Waals surface area contributed by atoms with E-state index in [1.165, 1.54) is 53.4 Å². The Morgan fingerprint density at radius 1 is 0.973 bits per heavy atom. The number of benzene rings is 2. The summed E-state index contributed by atoms with van der Waals surface area (Å²) in [6.07, 6.45) is 4.11. The first kappa shape index (κ1) is 30.1. The minimum Gasteiger partial charge on any atom is -0.478 e. The van der Waals surface area contributed by atoms with Gasteiger partial charge in [0.25, 0.3) is 0 Å². The highest BCUT2D eigenvalue weighted by Gasteiger charge is 2.23. The van der Waals surface area contributed by atoms with Gasteiger partial charge in [-0.3, -0.25) is 4.79 Å². The Morgan fingerprint density at radius 2 is 1.57 bits per heavy atom. The molecule has 198 valence electrons. The van der Waals surface area contributed by atoms with Gasteiger partial charge in [-0.15, -0.1) is 0 Å². The van der Waals surface area contributed by atoms with Crippen molar-refractivity contribution in [3.05, 3.63) is 72.3 Å². The number of hydrogen-bond donors (Lipinski definition) is 2. The number of halogens is 1. The second-order valence-corrected chi connectivity index (χ2v) is 9.73. The number of aldehydes is 1. The molecule has 0 spiro atoms. The van der Waals surface area contributed by atoms with Crippen molar-refractivity contribution in [1.82, 2.24) is 9.80 Å². The number of piperazine rings is 1. The first-order chi connectivity index (χ1) is 17.7. The molecule has 2 aliphatic heterocycles. The fourth-order valence-electron chi connectivity index (χ4n) is 3.71. The quantitative estimate of drug-likeness (QED) is 0.380. The van der Waals surface area contributed by atoms with Crippen LogP contribution in [0.3, 0.4) is 0 Å². The summed E-state index contributed by atoms with van der Waals surface area (Å²) in [6, 6.07) is 14.9. The van der Waals surface area contributed by atoms with Gasteiger partial charge >= 0.3 is 11.9 Å². The molecule has 1 saturated heterocycles. The van der Waals surface area contributed by atoms with Crippen LogP contribution in [0.15, 0.2) is 77.1 Å². The molecule has 37 heavy (non-hydrogen) atoms. The number of hydrogen-bond acceptors (Lipinski definition) is 7. The van der Waals surface area contributed by atoms with Crippen LogP contribution in [0.25, 0.3) is 0 Å². The number of nitrogens with zero attached hydrogens (tertiary/aromatic N) is 3. The molecule has 2 heterocycles. The maximum Gasteiger partial charge on any atom is 0.328 e. The molecule has 0 aromatic heterocycles. The Labute approximate surface area is 226 Å². The summed E-state index contributed by atoms with van der Waals surface area (Å²) in [6.45, 7) is 10.0. The van der Waals surface area contributed by atoms with Crippen LogP contribution in [0.1, 0.15) is 6.42 Å². The van der Waals surface area contributed by atoms with Gasteiger partial charge in [0.05, 0.1) is 11.4 Å². The summed E-state index contributed by atoms with van der Waals surface area (Å²) in [5.41, 5.74) is 2.55. The molecule has 10 heteroatoms. The summed E-state index contributed by atoms with van der Waals surface area (Å²) < 4.78 is 0. The number of carbonyl (C=O) groups excluding carboxylic acids is 1. The number of carboxylic acids is 2. The van der Waals surface area contributed by atoms with Crippen LogP contribution in [-0.4, -0.2) is 84.6 Å². The van der Waals surface area contributed by atoms with Crippen molar-refractivity contribution >= 4 is 53.0 Å². The zero-order valence-corrected chi connectivity index (χ0v) is 22.3. The first-order valence-electron chi connectivity index (χ1n) is 11.7. The van der Waals surface area contributed by atoms with E-state index < -0.39 is 11.9 Å². The average Bonchev–Trinajstić information content (AvgIpc) is 2.89.